The van der Waals surface area contributed by atoms with Crippen LogP contribution in [0.2, 0.25) is 0 Å². The molecule has 0 aliphatic carbocycles. The maximum atomic E-state index is 12.5. The van der Waals surface area contributed by atoms with Crippen LogP contribution in [0.1, 0.15) is 18.2 Å². The number of aromatic nitrogens is 2. The molecule has 0 saturated carbocycles. The molecule has 0 atom stereocenters. The Bertz CT molecular complexity index is 1120. The fraction of sp³-hybridized carbons (Fsp3) is 0.217. The molecule has 2 aromatic heterocycles. The summed E-state index contributed by atoms with van der Waals surface area (Å²) >= 11 is 1.56. The van der Waals surface area contributed by atoms with Gasteiger partial charge >= 0.3 is 0 Å². The summed E-state index contributed by atoms with van der Waals surface area (Å²) in [7, 11) is 3.99. The van der Waals surface area contributed by atoms with E-state index in [-0.39, 0.29) is 5.91 Å². The zero-order valence-corrected chi connectivity index (χ0v) is 17.7. The van der Waals surface area contributed by atoms with Crippen LogP contribution in [0.4, 0.5) is 11.4 Å². The second-order valence-electron chi connectivity index (χ2n) is 7.22. The van der Waals surface area contributed by atoms with Gasteiger partial charge in [0.05, 0.1) is 12.1 Å². The predicted octanol–water partition coefficient (Wildman–Crippen LogP) is 4.87. The first-order valence-electron chi connectivity index (χ1n) is 9.65. The number of hydrogen-bond acceptors (Lipinski definition) is 4. The summed E-state index contributed by atoms with van der Waals surface area (Å²) in [4.78, 5) is 20.2. The highest BCUT2D eigenvalue weighted by Gasteiger charge is 2.13. The van der Waals surface area contributed by atoms with Gasteiger partial charge in [-0.25, -0.2) is 4.98 Å². The minimum Gasteiger partial charge on any atom is -0.378 e. The second-order valence-corrected chi connectivity index (χ2v) is 8.06. The molecule has 0 radical (unpaired) electrons. The van der Waals surface area contributed by atoms with Gasteiger partial charge in [0.25, 0.3) is 0 Å². The zero-order chi connectivity index (χ0) is 20.4. The lowest BCUT2D eigenvalue weighted by Crippen LogP contribution is -2.15. The molecule has 0 saturated heterocycles. The minimum absolute atomic E-state index is 0.0372. The third kappa shape index (κ3) is 4.17. The number of anilines is 2. The number of carbonyl (C=O) groups excluding carboxylic acids is 1. The van der Waals surface area contributed by atoms with Crippen molar-refractivity contribution in [3.05, 3.63) is 71.4 Å². The number of nitrogens with zero attached hydrogens (tertiary/aromatic N) is 3. The average molecular weight is 405 g/mol. The summed E-state index contributed by atoms with van der Waals surface area (Å²) in [5, 5.41) is 4.98. The van der Waals surface area contributed by atoms with E-state index in [1.54, 1.807) is 11.3 Å². The van der Waals surface area contributed by atoms with E-state index in [2.05, 4.69) is 36.5 Å². The predicted molar refractivity (Wildman–Crippen MR) is 121 cm³/mol. The van der Waals surface area contributed by atoms with Crippen LogP contribution in [0.25, 0.3) is 16.2 Å². The van der Waals surface area contributed by atoms with E-state index in [9.17, 15) is 4.79 Å². The Kier molecular flexibility index (Phi) is 5.36. The summed E-state index contributed by atoms with van der Waals surface area (Å²) in [6, 6.07) is 16.3. The van der Waals surface area contributed by atoms with E-state index in [1.807, 2.05) is 59.2 Å². The van der Waals surface area contributed by atoms with E-state index in [0.717, 1.165) is 39.7 Å². The molecule has 4 aromatic rings. The summed E-state index contributed by atoms with van der Waals surface area (Å²) in [5.41, 5.74) is 6.17. The number of fused-ring (bicyclic) bond motifs is 1. The lowest BCUT2D eigenvalue weighted by atomic mass is 10.1. The highest BCUT2D eigenvalue weighted by atomic mass is 32.1. The quantitative estimate of drug-likeness (QED) is 0.499. The van der Waals surface area contributed by atoms with Crippen molar-refractivity contribution < 1.29 is 4.79 Å². The van der Waals surface area contributed by atoms with Crippen LogP contribution >= 0.6 is 11.3 Å². The number of amides is 1. The Morgan fingerprint density at radius 3 is 2.48 bits per heavy atom. The van der Waals surface area contributed by atoms with Crippen molar-refractivity contribution in [1.29, 1.82) is 0 Å². The van der Waals surface area contributed by atoms with Gasteiger partial charge < -0.3 is 10.2 Å². The van der Waals surface area contributed by atoms with E-state index in [4.69, 9.17) is 4.98 Å². The van der Waals surface area contributed by atoms with Crippen LogP contribution in [-0.4, -0.2) is 29.4 Å². The van der Waals surface area contributed by atoms with Crippen LogP contribution in [-0.2, 0) is 17.6 Å². The minimum atomic E-state index is -0.0372. The monoisotopic (exact) mass is 404 g/mol. The van der Waals surface area contributed by atoms with Crippen LogP contribution < -0.4 is 10.2 Å². The maximum absolute atomic E-state index is 12.5. The van der Waals surface area contributed by atoms with Gasteiger partial charge in [0.2, 0.25) is 5.91 Å². The van der Waals surface area contributed by atoms with E-state index >= 15 is 0 Å². The maximum Gasteiger partial charge on any atom is 0.230 e. The fourth-order valence-electron chi connectivity index (χ4n) is 3.22. The van der Waals surface area contributed by atoms with Crippen molar-refractivity contribution >= 4 is 33.6 Å². The van der Waals surface area contributed by atoms with Gasteiger partial charge in [0, 0.05) is 48.3 Å². The first-order chi connectivity index (χ1) is 14.0. The van der Waals surface area contributed by atoms with E-state index < -0.39 is 0 Å². The number of carbonyl (C=O) groups is 1. The summed E-state index contributed by atoms with van der Waals surface area (Å²) < 4.78 is 2.02. The highest BCUT2D eigenvalue weighted by molar-refractivity contribution is 7.15. The Balaban J connectivity index is 1.49. The summed E-state index contributed by atoms with van der Waals surface area (Å²) in [6.07, 6.45) is 3.34. The van der Waals surface area contributed by atoms with Gasteiger partial charge in [-0.3, -0.25) is 9.20 Å². The Labute approximate surface area is 174 Å². The fourth-order valence-corrected chi connectivity index (χ4v) is 4.09. The van der Waals surface area contributed by atoms with Crippen molar-refractivity contribution in [2.45, 2.75) is 19.8 Å². The Morgan fingerprint density at radius 1 is 1.10 bits per heavy atom. The Morgan fingerprint density at radius 2 is 1.83 bits per heavy atom. The lowest BCUT2D eigenvalue weighted by molar-refractivity contribution is -0.115. The number of imidazole rings is 1. The molecule has 0 spiro atoms. The van der Waals surface area contributed by atoms with Crippen LogP contribution in [0.5, 0.6) is 0 Å². The molecule has 0 unspecified atom stereocenters. The molecule has 1 N–H and O–H groups in total. The van der Waals surface area contributed by atoms with Crippen LogP contribution in [0.15, 0.2) is 60.1 Å². The molecule has 0 fully saturated rings. The molecule has 2 heterocycles. The van der Waals surface area contributed by atoms with Crippen molar-refractivity contribution in [3.8, 4) is 11.3 Å². The largest absolute Gasteiger partial charge is 0.378 e. The molecule has 148 valence electrons. The number of hydrogen-bond donors (Lipinski definition) is 1. The summed E-state index contributed by atoms with van der Waals surface area (Å²) in [5.74, 6) is -0.0372. The van der Waals surface area contributed by atoms with Crippen LogP contribution in [0, 0.1) is 0 Å². The molecule has 1 amide bonds. The molecule has 0 aliphatic rings. The van der Waals surface area contributed by atoms with Crippen molar-refractivity contribution in [1.82, 2.24) is 9.38 Å². The SMILES string of the molecule is CCc1ccc(-c2cn3c(CC(=O)Nc4ccc(N(C)C)cc4)csc3n2)cc1. The van der Waals surface area contributed by atoms with Gasteiger partial charge in [-0.1, -0.05) is 31.2 Å². The number of nitrogens with one attached hydrogen (secondary N) is 1. The van der Waals surface area contributed by atoms with Crippen molar-refractivity contribution in [2.24, 2.45) is 0 Å². The van der Waals surface area contributed by atoms with Gasteiger partial charge in [-0.05, 0) is 36.2 Å². The van der Waals surface area contributed by atoms with Gasteiger partial charge in [-0.2, -0.15) is 0 Å². The number of thiazole rings is 1. The molecule has 0 bridgehead atoms. The standard InChI is InChI=1S/C23H24N4OS/c1-4-16-5-7-17(8-6-16)21-14-27-20(15-29-23(27)25-21)13-22(28)24-18-9-11-19(12-10-18)26(2)3/h5-12,14-15H,4,13H2,1-3H3,(H,24,28). The van der Waals surface area contributed by atoms with Gasteiger partial charge in [0.15, 0.2) is 4.96 Å². The van der Waals surface area contributed by atoms with Gasteiger partial charge in [-0.15, -0.1) is 11.3 Å². The molecular formula is C23H24N4OS. The zero-order valence-electron chi connectivity index (χ0n) is 16.8. The van der Waals surface area contributed by atoms with E-state index in [0.29, 0.717) is 6.42 Å². The first kappa shape index (κ1) is 19.2. The third-order valence-electron chi connectivity index (χ3n) is 4.95. The molecular weight excluding hydrogens is 380 g/mol. The average Bonchev–Trinajstić information content (AvgIpc) is 3.30. The van der Waals surface area contributed by atoms with Crippen molar-refractivity contribution in [2.75, 3.05) is 24.3 Å². The second kappa shape index (κ2) is 8.09. The third-order valence-corrected chi connectivity index (χ3v) is 5.84. The van der Waals surface area contributed by atoms with Gasteiger partial charge in [0.1, 0.15) is 0 Å². The highest BCUT2D eigenvalue weighted by Crippen LogP contribution is 2.25. The molecule has 6 heteroatoms. The topological polar surface area (TPSA) is 49.6 Å². The lowest BCUT2D eigenvalue weighted by Gasteiger charge is -2.13. The molecule has 29 heavy (non-hydrogen) atoms. The Hall–Kier alpha value is -3.12. The molecule has 2 aromatic carbocycles. The molecule has 0 aliphatic heterocycles. The van der Waals surface area contributed by atoms with E-state index in [1.165, 1.54) is 5.56 Å². The molecule has 4 rings (SSSR count). The van der Waals surface area contributed by atoms with Crippen LogP contribution in [0.3, 0.4) is 0 Å². The first-order valence-corrected chi connectivity index (χ1v) is 10.5. The normalized spacial score (nSPS) is 11.0. The smallest absolute Gasteiger partial charge is 0.230 e. The number of benzene rings is 2. The molecule has 5 nitrogen and oxygen atoms in total. The summed E-state index contributed by atoms with van der Waals surface area (Å²) in [6.45, 7) is 2.15. The van der Waals surface area contributed by atoms with Crippen molar-refractivity contribution in [3.63, 3.8) is 0 Å². The number of rotatable bonds is 6. The number of aryl methyl sites for hydroxylation is 1.